The monoisotopic (exact) mass is 256 g/mol. The van der Waals surface area contributed by atoms with Crippen molar-refractivity contribution in [2.24, 2.45) is 0 Å². The smallest absolute Gasteiger partial charge is 0.240 e. The van der Waals surface area contributed by atoms with Crippen LogP contribution in [0.5, 0.6) is 0 Å². The number of carbonyl (C=O) groups is 1. The molecule has 0 aliphatic heterocycles. The standard InChI is InChI=1S/C12H18N2O2S/c1-2-8-14(16)13-11(12(15)17)9-10-6-4-3-5-7-10/h3-7,11,13,16H,2,8-9H2,1H3,(H,15,17)/i16T. The molecule has 1 aromatic carbocycles. The SMILES string of the molecule is [3H]ON(CCC)NC(Cc1ccccc1)C(=O)S. The van der Waals surface area contributed by atoms with Crippen LogP contribution in [0.3, 0.4) is 0 Å². The van der Waals surface area contributed by atoms with E-state index < -0.39 is 6.04 Å². The maximum Gasteiger partial charge on any atom is 0.240 e. The predicted octanol–water partition coefficient (Wildman–Crippen LogP) is 1.66. The highest BCUT2D eigenvalue weighted by molar-refractivity contribution is 7.96. The number of rotatable bonds is 8. The van der Waals surface area contributed by atoms with Gasteiger partial charge in [0.2, 0.25) is 6.55 Å². The Morgan fingerprint density at radius 2 is 2.29 bits per heavy atom. The second kappa shape index (κ2) is 7.45. The van der Waals surface area contributed by atoms with Crippen molar-refractivity contribution in [3.63, 3.8) is 0 Å². The zero-order chi connectivity index (χ0) is 13.4. The molecule has 0 spiro atoms. The Kier molecular flexibility index (Phi) is 5.51. The van der Waals surface area contributed by atoms with Gasteiger partial charge in [-0.3, -0.25) is 10.0 Å². The molecule has 0 bridgehead atoms. The lowest BCUT2D eigenvalue weighted by atomic mass is 10.1. The number of hydroxylamine groups is 1. The highest BCUT2D eigenvalue weighted by atomic mass is 32.1. The minimum absolute atomic E-state index is 0.281. The number of hydrogen-bond acceptors (Lipinski definition) is 4. The van der Waals surface area contributed by atoms with Gasteiger partial charge in [-0.15, -0.1) is 17.8 Å². The van der Waals surface area contributed by atoms with E-state index in [1.807, 2.05) is 37.3 Å². The second-order valence-corrected chi connectivity index (χ2v) is 4.25. The van der Waals surface area contributed by atoms with Crippen molar-refractivity contribution < 1.29 is 11.4 Å². The fraction of sp³-hybridized carbons (Fsp3) is 0.417. The summed E-state index contributed by atoms with van der Waals surface area (Å²) in [6.07, 6.45) is 1.32. The summed E-state index contributed by atoms with van der Waals surface area (Å²) in [7, 11) is 0. The van der Waals surface area contributed by atoms with Crippen LogP contribution in [-0.2, 0) is 11.2 Å². The van der Waals surface area contributed by atoms with Crippen molar-refractivity contribution in [3.8, 4) is 0 Å². The number of nitrogens with zero attached hydrogens (tertiary/aromatic N) is 1. The lowest BCUT2D eigenvalue weighted by molar-refractivity contribution is -0.151. The molecular weight excluding hydrogens is 236 g/mol. The van der Waals surface area contributed by atoms with E-state index in [2.05, 4.69) is 23.3 Å². The average molecular weight is 256 g/mol. The van der Waals surface area contributed by atoms with Gasteiger partial charge >= 0.3 is 0 Å². The van der Waals surface area contributed by atoms with E-state index in [1.54, 1.807) is 0 Å². The molecule has 2 N–H and O–H groups in total. The molecular formula is C12H18N2O2S. The van der Waals surface area contributed by atoms with Gasteiger partial charge in [-0.1, -0.05) is 37.3 Å². The average Bonchev–Trinajstić information content (AvgIpc) is 2.38. The van der Waals surface area contributed by atoms with Crippen LogP contribution in [0.25, 0.3) is 0 Å². The van der Waals surface area contributed by atoms with Gasteiger partial charge in [0, 0.05) is 6.54 Å². The molecule has 1 aromatic rings. The third-order valence-electron chi connectivity index (χ3n) is 2.31. The summed E-state index contributed by atoms with van der Waals surface area (Å²) in [5.74, 6) is 0. The summed E-state index contributed by atoms with van der Waals surface area (Å²) in [4.78, 5) is 11.5. The molecule has 0 heterocycles. The number of hydrazine groups is 1. The number of hydrogen-bond donors (Lipinski definition) is 3. The topological polar surface area (TPSA) is 52.6 Å². The maximum absolute atomic E-state index is 11.5. The fourth-order valence-electron chi connectivity index (χ4n) is 1.48. The van der Waals surface area contributed by atoms with Gasteiger partial charge in [-0.2, -0.15) is 0 Å². The third-order valence-corrected chi connectivity index (χ3v) is 2.62. The van der Waals surface area contributed by atoms with Crippen molar-refractivity contribution >= 4 is 17.7 Å². The molecule has 1 rings (SSSR count). The zero-order valence-electron chi connectivity index (χ0n) is 10.8. The molecule has 0 saturated heterocycles. The van der Waals surface area contributed by atoms with E-state index in [0.29, 0.717) is 13.0 Å². The molecule has 0 fully saturated rings. The summed E-state index contributed by atoms with van der Waals surface area (Å²) >= 11 is 3.86. The largest absolute Gasteiger partial charge is 0.299 e. The van der Waals surface area contributed by atoms with Crippen molar-refractivity contribution in [1.82, 2.24) is 10.6 Å². The summed E-state index contributed by atoms with van der Waals surface area (Å²) in [6.45, 7) is 2.48. The molecule has 0 saturated carbocycles. The Morgan fingerprint density at radius 1 is 1.59 bits per heavy atom. The van der Waals surface area contributed by atoms with Crippen LogP contribution in [0.1, 0.15) is 18.9 Å². The van der Waals surface area contributed by atoms with E-state index in [-0.39, 0.29) is 5.12 Å². The molecule has 5 heteroatoms. The number of carbonyl (C=O) groups excluding carboxylic acids is 1. The number of thiol groups is 1. The van der Waals surface area contributed by atoms with Crippen LogP contribution >= 0.6 is 12.6 Å². The third kappa shape index (κ3) is 5.32. The maximum atomic E-state index is 11.5. The number of nitrogens with one attached hydrogen (secondary N) is 1. The molecule has 17 heavy (non-hydrogen) atoms. The van der Waals surface area contributed by atoms with Gasteiger partial charge in [-0.25, -0.2) is 5.43 Å². The molecule has 0 aliphatic carbocycles. The van der Waals surface area contributed by atoms with Crippen LogP contribution < -0.4 is 5.43 Å². The van der Waals surface area contributed by atoms with Crippen LogP contribution in [0, 0.1) is 0 Å². The van der Waals surface area contributed by atoms with Crippen molar-refractivity contribution in [1.29, 1.82) is 0 Å². The lowest BCUT2D eigenvalue weighted by Crippen LogP contribution is -2.47. The Balaban J connectivity index is 2.62. The van der Waals surface area contributed by atoms with Crippen molar-refractivity contribution in [2.75, 3.05) is 6.54 Å². The van der Waals surface area contributed by atoms with Gasteiger partial charge < -0.3 is 0 Å². The first kappa shape index (κ1) is 12.6. The van der Waals surface area contributed by atoms with Crippen LogP contribution in [0.4, 0.5) is 0 Å². The molecule has 0 amide bonds. The summed E-state index contributed by atoms with van der Waals surface area (Å²) < 4.78 is 6.90. The first-order valence-corrected chi connectivity index (χ1v) is 6.05. The number of benzene rings is 1. The lowest BCUT2D eigenvalue weighted by Gasteiger charge is -2.21. The Hall–Kier alpha value is -0.880. The van der Waals surface area contributed by atoms with E-state index in [0.717, 1.165) is 12.0 Å². The van der Waals surface area contributed by atoms with Gasteiger partial charge in [0.25, 0.3) is 0 Å². The highest BCUT2D eigenvalue weighted by Crippen LogP contribution is 2.05. The predicted molar refractivity (Wildman–Crippen MR) is 69.8 cm³/mol. The first-order chi connectivity index (χ1) is 8.67. The molecule has 0 radical (unpaired) electrons. The molecule has 1 atom stereocenters. The molecule has 94 valence electrons. The van der Waals surface area contributed by atoms with Crippen molar-refractivity contribution in [2.45, 2.75) is 25.8 Å². The molecule has 0 aromatic heterocycles. The van der Waals surface area contributed by atoms with Crippen LogP contribution in [0.15, 0.2) is 30.3 Å². The summed E-state index contributed by atoms with van der Waals surface area (Å²) in [6, 6.07) is 9.13. The Morgan fingerprint density at radius 3 is 2.82 bits per heavy atom. The minimum atomic E-state index is -0.507. The highest BCUT2D eigenvalue weighted by Gasteiger charge is 2.17. The van der Waals surface area contributed by atoms with Crippen LogP contribution in [-0.4, -0.2) is 28.1 Å². The normalized spacial score (nSPS) is 13.5. The second-order valence-electron chi connectivity index (χ2n) is 3.81. The van der Waals surface area contributed by atoms with Gasteiger partial charge in [0.05, 0.1) is 6.04 Å². The molecule has 4 nitrogen and oxygen atoms in total. The Labute approximate surface area is 108 Å². The Bertz CT molecular complexity index is 364. The van der Waals surface area contributed by atoms with E-state index in [9.17, 15) is 4.79 Å². The first-order valence-electron chi connectivity index (χ1n) is 6.02. The van der Waals surface area contributed by atoms with Crippen LogP contribution in [0.2, 0.25) is 1.43 Å². The summed E-state index contributed by atoms with van der Waals surface area (Å²) in [5.41, 5.74) is 3.88. The quantitative estimate of drug-likeness (QED) is 0.489. The fourth-order valence-corrected chi connectivity index (χ4v) is 1.63. The van der Waals surface area contributed by atoms with E-state index in [4.69, 9.17) is 1.43 Å². The minimum Gasteiger partial charge on any atom is -0.299 e. The molecule has 0 aliphatic rings. The van der Waals surface area contributed by atoms with E-state index >= 15 is 0 Å². The molecule has 1 unspecified atom stereocenters. The van der Waals surface area contributed by atoms with Gasteiger partial charge in [0.15, 0.2) is 0 Å². The summed E-state index contributed by atoms with van der Waals surface area (Å²) in [5, 5.41) is 5.35. The van der Waals surface area contributed by atoms with E-state index in [1.165, 1.54) is 5.17 Å². The zero-order valence-corrected chi connectivity index (χ0v) is 10.7. The van der Waals surface area contributed by atoms with Gasteiger partial charge in [-0.05, 0) is 18.4 Å². The van der Waals surface area contributed by atoms with Crippen molar-refractivity contribution in [3.05, 3.63) is 35.9 Å². The van der Waals surface area contributed by atoms with Gasteiger partial charge in [0.1, 0.15) is 0 Å².